The summed E-state index contributed by atoms with van der Waals surface area (Å²) >= 11 is 0. The van der Waals surface area contributed by atoms with Crippen LogP contribution in [0.1, 0.15) is 36.8 Å². The fourth-order valence-corrected chi connectivity index (χ4v) is 3.51. The first-order chi connectivity index (χ1) is 10.5. The summed E-state index contributed by atoms with van der Waals surface area (Å²) < 4.78 is 27.3. The first-order valence-corrected chi connectivity index (χ1v) is 7.47. The third-order valence-electron chi connectivity index (χ3n) is 4.68. The van der Waals surface area contributed by atoms with Crippen LogP contribution in [0.4, 0.5) is 8.78 Å². The topological polar surface area (TPSA) is 40.5 Å². The van der Waals surface area contributed by atoms with E-state index in [1.165, 1.54) is 24.3 Å². The summed E-state index contributed by atoms with van der Waals surface area (Å²) in [5.41, 5.74) is 1.39. The molecular formula is C18H18F2O2. The Kier molecular flexibility index (Phi) is 3.77. The van der Waals surface area contributed by atoms with Crippen molar-refractivity contribution in [1.82, 2.24) is 0 Å². The first-order valence-electron chi connectivity index (χ1n) is 7.47. The largest absolute Gasteiger partial charge is 0.505 e. The quantitative estimate of drug-likeness (QED) is 0.880. The predicted molar refractivity (Wildman–Crippen MR) is 80.0 cm³/mol. The molecule has 2 aromatic rings. The van der Waals surface area contributed by atoms with Crippen molar-refractivity contribution >= 4 is 0 Å². The Morgan fingerprint density at radius 2 is 1.45 bits per heavy atom. The highest BCUT2D eigenvalue weighted by atomic mass is 19.1. The molecular weight excluding hydrogens is 286 g/mol. The summed E-state index contributed by atoms with van der Waals surface area (Å²) in [4.78, 5) is 0. The number of hydrogen-bond acceptors (Lipinski definition) is 2. The molecule has 1 aliphatic carbocycles. The van der Waals surface area contributed by atoms with Gasteiger partial charge in [-0.25, -0.2) is 8.78 Å². The average Bonchev–Trinajstić information content (AvgIpc) is 2.95. The van der Waals surface area contributed by atoms with Crippen LogP contribution in [0.2, 0.25) is 0 Å². The van der Waals surface area contributed by atoms with E-state index < -0.39 is 11.6 Å². The standard InChI is InChI=1S/C18H18F2O2/c19-14-9-12(3-5-16(14)21)11-18(7-1-2-8-18)13-4-6-17(22)15(20)10-13/h3-6,9-10,21-22H,1-2,7-8,11H2. The molecule has 22 heavy (non-hydrogen) atoms. The van der Waals surface area contributed by atoms with Crippen LogP contribution in [0.25, 0.3) is 0 Å². The molecule has 0 heterocycles. The van der Waals surface area contributed by atoms with E-state index in [0.29, 0.717) is 6.42 Å². The molecule has 2 aromatic carbocycles. The van der Waals surface area contributed by atoms with Crippen LogP contribution in [-0.4, -0.2) is 10.2 Å². The van der Waals surface area contributed by atoms with Gasteiger partial charge in [0.1, 0.15) is 0 Å². The molecule has 116 valence electrons. The lowest BCUT2D eigenvalue weighted by atomic mass is 9.74. The monoisotopic (exact) mass is 304 g/mol. The number of phenols is 2. The van der Waals surface area contributed by atoms with E-state index in [1.807, 2.05) is 0 Å². The van der Waals surface area contributed by atoms with Crippen LogP contribution in [0, 0.1) is 11.6 Å². The van der Waals surface area contributed by atoms with Crippen LogP contribution in [0.5, 0.6) is 11.5 Å². The van der Waals surface area contributed by atoms with Gasteiger partial charge in [0.05, 0.1) is 0 Å². The molecule has 0 aromatic heterocycles. The van der Waals surface area contributed by atoms with Crippen molar-refractivity contribution in [3.8, 4) is 11.5 Å². The summed E-state index contributed by atoms with van der Waals surface area (Å²) in [5.74, 6) is -1.98. The normalized spacial score (nSPS) is 16.8. The molecule has 0 aliphatic heterocycles. The molecule has 0 bridgehead atoms. The second kappa shape index (κ2) is 5.59. The minimum Gasteiger partial charge on any atom is -0.505 e. The Hall–Kier alpha value is -2.10. The highest BCUT2D eigenvalue weighted by molar-refractivity contribution is 5.37. The Morgan fingerprint density at radius 3 is 2.05 bits per heavy atom. The van der Waals surface area contributed by atoms with Gasteiger partial charge in [-0.1, -0.05) is 25.0 Å². The first kappa shape index (κ1) is 14.8. The molecule has 2 N–H and O–H groups in total. The van der Waals surface area contributed by atoms with Crippen molar-refractivity contribution < 1.29 is 19.0 Å². The van der Waals surface area contributed by atoms with E-state index in [4.69, 9.17) is 0 Å². The summed E-state index contributed by atoms with van der Waals surface area (Å²) in [5, 5.41) is 18.7. The third-order valence-corrected chi connectivity index (χ3v) is 4.68. The Labute approximate surface area is 128 Å². The van der Waals surface area contributed by atoms with E-state index in [9.17, 15) is 19.0 Å². The maximum Gasteiger partial charge on any atom is 0.165 e. The van der Waals surface area contributed by atoms with Gasteiger partial charge >= 0.3 is 0 Å². The zero-order valence-corrected chi connectivity index (χ0v) is 12.1. The smallest absolute Gasteiger partial charge is 0.165 e. The van der Waals surface area contributed by atoms with Crippen LogP contribution in [-0.2, 0) is 11.8 Å². The fourth-order valence-electron chi connectivity index (χ4n) is 3.51. The Bertz CT molecular complexity index is 691. The summed E-state index contributed by atoms with van der Waals surface area (Å²) in [6, 6.07) is 8.91. The van der Waals surface area contributed by atoms with E-state index >= 15 is 0 Å². The van der Waals surface area contributed by atoms with E-state index in [0.717, 1.165) is 36.8 Å². The lowest BCUT2D eigenvalue weighted by molar-refractivity contribution is 0.412. The number of benzene rings is 2. The minimum absolute atomic E-state index is 0.238. The highest BCUT2D eigenvalue weighted by Crippen LogP contribution is 2.44. The molecule has 4 heteroatoms. The lowest BCUT2D eigenvalue weighted by Gasteiger charge is -2.30. The van der Waals surface area contributed by atoms with Gasteiger partial charge in [0.15, 0.2) is 23.1 Å². The van der Waals surface area contributed by atoms with Gasteiger partial charge in [-0.2, -0.15) is 0 Å². The molecule has 3 rings (SSSR count). The predicted octanol–water partition coefficient (Wildman–Crippen LogP) is 4.43. The fraction of sp³-hybridized carbons (Fsp3) is 0.333. The van der Waals surface area contributed by atoms with Gasteiger partial charge in [0.2, 0.25) is 0 Å². The second-order valence-corrected chi connectivity index (χ2v) is 6.12. The molecule has 0 atom stereocenters. The van der Waals surface area contributed by atoms with Crippen LogP contribution in [0.3, 0.4) is 0 Å². The number of phenolic OH excluding ortho intramolecular Hbond substituents is 2. The molecule has 0 saturated heterocycles. The molecule has 2 nitrogen and oxygen atoms in total. The van der Waals surface area contributed by atoms with Crippen LogP contribution in [0.15, 0.2) is 36.4 Å². The van der Waals surface area contributed by atoms with Gasteiger partial charge in [-0.05, 0) is 60.1 Å². The van der Waals surface area contributed by atoms with Gasteiger partial charge in [-0.15, -0.1) is 0 Å². The third kappa shape index (κ3) is 2.65. The average molecular weight is 304 g/mol. The Balaban J connectivity index is 1.97. The van der Waals surface area contributed by atoms with Gasteiger partial charge in [-0.3, -0.25) is 0 Å². The van der Waals surface area contributed by atoms with Crippen LogP contribution < -0.4 is 0 Å². The van der Waals surface area contributed by atoms with Crippen molar-refractivity contribution in [3.05, 3.63) is 59.2 Å². The maximum atomic E-state index is 13.7. The number of rotatable bonds is 3. The molecule has 1 saturated carbocycles. The minimum atomic E-state index is -0.637. The zero-order valence-electron chi connectivity index (χ0n) is 12.1. The van der Waals surface area contributed by atoms with Crippen molar-refractivity contribution in [2.24, 2.45) is 0 Å². The summed E-state index contributed by atoms with van der Waals surface area (Å²) in [6.45, 7) is 0. The molecule has 0 radical (unpaired) electrons. The van der Waals surface area contributed by atoms with Crippen LogP contribution >= 0.6 is 0 Å². The zero-order chi connectivity index (χ0) is 15.7. The number of halogens is 2. The van der Waals surface area contributed by atoms with Crippen molar-refractivity contribution in [2.45, 2.75) is 37.5 Å². The summed E-state index contributed by atoms with van der Waals surface area (Å²) in [7, 11) is 0. The number of aromatic hydroxyl groups is 2. The van der Waals surface area contributed by atoms with E-state index in [2.05, 4.69) is 0 Å². The van der Waals surface area contributed by atoms with Gasteiger partial charge in [0, 0.05) is 0 Å². The lowest BCUT2D eigenvalue weighted by Crippen LogP contribution is -2.25. The Morgan fingerprint density at radius 1 is 0.864 bits per heavy atom. The van der Waals surface area contributed by atoms with Crippen molar-refractivity contribution in [1.29, 1.82) is 0 Å². The molecule has 0 spiro atoms. The van der Waals surface area contributed by atoms with Gasteiger partial charge < -0.3 is 10.2 Å². The van der Waals surface area contributed by atoms with E-state index in [-0.39, 0.29) is 16.9 Å². The SMILES string of the molecule is Oc1ccc(CC2(c3ccc(O)c(F)c3)CCCC2)cc1F. The molecule has 1 aliphatic rings. The highest BCUT2D eigenvalue weighted by Gasteiger charge is 2.36. The molecule has 1 fully saturated rings. The van der Waals surface area contributed by atoms with Crippen molar-refractivity contribution in [2.75, 3.05) is 0 Å². The second-order valence-electron chi connectivity index (χ2n) is 6.12. The molecule has 0 unspecified atom stereocenters. The summed E-state index contributed by atoms with van der Waals surface area (Å²) in [6.07, 6.45) is 4.49. The van der Waals surface area contributed by atoms with E-state index in [1.54, 1.807) is 12.1 Å². The number of hydrogen-bond donors (Lipinski definition) is 2. The van der Waals surface area contributed by atoms with Crippen molar-refractivity contribution in [3.63, 3.8) is 0 Å². The maximum absolute atomic E-state index is 13.7. The molecule has 0 amide bonds. The van der Waals surface area contributed by atoms with Gasteiger partial charge in [0.25, 0.3) is 0 Å².